The lowest BCUT2D eigenvalue weighted by molar-refractivity contribution is -0.137. The van der Waals surface area contributed by atoms with E-state index in [1.807, 2.05) is 22.6 Å². The van der Waals surface area contributed by atoms with Gasteiger partial charge in [0.05, 0.1) is 9.13 Å². The van der Waals surface area contributed by atoms with Gasteiger partial charge in [-0.25, -0.2) is 4.79 Å². The standard InChI is InChI=1S/C26H23F3IN3O3/c27-26(28,29)19-9-7-18(8-10-19)25-13-20(25)14-31(16-25)11-4-12-32-15-21(30)23(35)33(24(32)36)22(34)17-5-2-1-3-6-17/h1-3,5-10,15,20H,4,11-14,16H2/t20?,25-/m1/s1. The van der Waals surface area contributed by atoms with Crippen molar-refractivity contribution < 1.29 is 18.0 Å². The highest BCUT2D eigenvalue weighted by atomic mass is 127. The summed E-state index contributed by atoms with van der Waals surface area (Å²) in [6, 6.07) is 13.7. The Labute approximate surface area is 218 Å². The molecule has 5 rings (SSSR count). The molecule has 0 bridgehead atoms. The number of hydrogen-bond acceptors (Lipinski definition) is 4. The van der Waals surface area contributed by atoms with Crippen LogP contribution in [0.3, 0.4) is 0 Å². The zero-order valence-corrected chi connectivity index (χ0v) is 21.3. The van der Waals surface area contributed by atoms with Crippen molar-refractivity contribution in [3.05, 3.63) is 102 Å². The summed E-state index contributed by atoms with van der Waals surface area (Å²) < 4.78 is 41.1. The van der Waals surface area contributed by atoms with Crippen LogP contribution in [0, 0.1) is 9.49 Å². The van der Waals surface area contributed by atoms with Gasteiger partial charge in [0.1, 0.15) is 0 Å². The highest BCUT2D eigenvalue weighted by molar-refractivity contribution is 14.1. The van der Waals surface area contributed by atoms with E-state index in [2.05, 4.69) is 4.90 Å². The molecule has 6 nitrogen and oxygen atoms in total. The van der Waals surface area contributed by atoms with Crippen molar-refractivity contribution in [1.29, 1.82) is 0 Å². The van der Waals surface area contributed by atoms with Crippen LogP contribution in [-0.4, -0.2) is 39.6 Å². The Morgan fingerprint density at radius 3 is 2.39 bits per heavy atom. The summed E-state index contributed by atoms with van der Waals surface area (Å²) >= 11 is 1.83. The van der Waals surface area contributed by atoms with E-state index in [-0.39, 0.29) is 14.5 Å². The first kappa shape index (κ1) is 24.9. The number of hydrogen-bond donors (Lipinski definition) is 0. The fourth-order valence-electron chi connectivity index (χ4n) is 5.28. The Morgan fingerprint density at radius 1 is 1.03 bits per heavy atom. The Bertz CT molecular complexity index is 1420. The minimum Gasteiger partial charge on any atom is -0.302 e. The molecule has 36 heavy (non-hydrogen) atoms. The van der Waals surface area contributed by atoms with Gasteiger partial charge in [-0.3, -0.25) is 14.2 Å². The molecule has 0 spiro atoms. The normalized spacial score (nSPS) is 21.4. The number of halogens is 4. The van der Waals surface area contributed by atoms with Gasteiger partial charge in [0.25, 0.3) is 11.5 Å². The number of fused-ring (bicyclic) bond motifs is 1. The molecule has 0 radical (unpaired) electrons. The van der Waals surface area contributed by atoms with Crippen molar-refractivity contribution >= 4 is 28.5 Å². The molecule has 0 N–H and O–H groups in total. The van der Waals surface area contributed by atoms with E-state index in [0.717, 1.165) is 37.2 Å². The number of aromatic nitrogens is 2. The Morgan fingerprint density at radius 2 is 1.72 bits per heavy atom. The summed E-state index contributed by atoms with van der Waals surface area (Å²) in [5.74, 6) is -0.237. The summed E-state index contributed by atoms with van der Waals surface area (Å²) in [6.07, 6.45) is -1.27. The lowest BCUT2D eigenvalue weighted by atomic mass is 9.94. The van der Waals surface area contributed by atoms with Crippen molar-refractivity contribution in [3.63, 3.8) is 0 Å². The number of piperidine rings is 1. The molecule has 2 atom stereocenters. The van der Waals surface area contributed by atoms with Gasteiger partial charge in [0.15, 0.2) is 0 Å². The molecular weight excluding hydrogens is 586 g/mol. The molecule has 10 heteroatoms. The van der Waals surface area contributed by atoms with Crippen LogP contribution >= 0.6 is 22.6 Å². The zero-order chi connectivity index (χ0) is 25.7. The second-order valence-electron chi connectivity index (χ2n) is 9.49. The minimum atomic E-state index is -4.34. The lowest BCUT2D eigenvalue weighted by Crippen LogP contribution is -2.45. The summed E-state index contributed by atoms with van der Waals surface area (Å²) in [6.45, 7) is 2.67. The fourth-order valence-corrected chi connectivity index (χ4v) is 5.86. The van der Waals surface area contributed by atoms with Gasteiger partial charge in [-0.15, -0.1) is 0 Å². The smallest absolute Gasteiger partial charge is 0.302 e. The first-order valence-corrected chi connectivity index (χ1v) is 12.7. The van der Waals surface area contributed by atoms with Crippen molar-refractivity contribution in [2.75, 3.05) is 19.6 Å². The third kappa shape index (κ3) is 4.56. The van der Waals surface area contributed by atoms with Crippen molar-refractivity contribution in [2.45, 2.75) is 31.0 Å². The van der Waals surface area contributed by atoms with E-state index in [9.17, 15) is 27.6 Å². The van der Waals surface area contributed by atoms with Crippen molar-refractivity contribution in [2.24, 2.45) is 5.92 Å². The highest BCUT2D eigenvalue weighted by Gasteiger charge is 2.60. The molecule has 2 aliphatic rings. The maximum absolute atomic E-state index is 13.0. The average Bonchev–Trinajstić information content (AvgIpc) is 3.43. The number of alkyl halides is 3. The van der Waals surface area contributed by atoms with E-state index in [1.165, 1.54) is 10.8 Å². The third-order valence-electron chi connectivity index (χ3n) is 7.21. The predicted octanol–water partition coefficient (Wildman–Crippen LogP) is 3.99. The summed E-state index contributed by atoms with van der Waals surface area (Å²) in [5, 5.41) is 0. The molecule has 1 aliphatic heterocycles. The van der Waals surface area contributed by atoms with Crippen LogP contribution in [0.4, 0.5) is 13.2 Å². The molecule has 2 heterocycles. The molecular formula is C26H23F3IN3O3. The summed E-state index contributed by atoms with van der Waals surface area (Å²) in [5.41, 5.74) is -0.827. The Hall–Kier alpha value is -2.73. The molecule has 2 fully saturated rings. The van der Waals surface area contributed by atoms with Gasteiger partial charge in [0.2, 0.25) is 0 Å². The van der Waals surface area contributed by atoms with Crippen LogP contribution in [0.15, 0.2) is 70.4 Å². The van der Waals surface area contributed by atoms with Gasteiger partial charge in [-0.1, -0.05) is 30.3 Å². The van der Waals surface area contributed by atoms with Crippen LogP contribution < -0.4 is 11.2 Å². The van der Waals surface area contributed by atoms with Gasteiger partial charge in [-0.2, -0.15) is 17.7 Å². The van der Waals surface area contributed by atoms with Crippen LogP contribution in [0.2, 0.25) is 0 Å². The molecule has 3 aromatic rings. The van der Waals surface area contributed by atoms with Crippen LogP contribution in [0.5, 0.6) is 0 Å². The molecule has 2 aromatic carbocycles. The topological polar surface area (TPSA) is 64.3 Å². The SMILES string of the molecule is O=C(c1ccccc1)n1c(=O)c(I)cn(CCCN2CC3C[C@]3(c3ccc(C(F)(F)F)cc3)C2)c1=O. The summed E-state index contributed by atoms with van der Waals surface area (Å²) in [7, 11) is 0. The third-order valence-corrected chi connectivity index (χ3v) is 7.95. The Balaban J connectivity index is 1.25. The molecule has 1 saturated carbocycles. The highest BCUT2D eigenvalue weighted by Crippen LogP contribution is 2.59. The maximum Gasteiger partial charge on any atom is 0.416 e. The quantitative estimate of drug-likeness (QED) is 0.397. The number of carbonyl (C=O) groups excluding carboxylic acids is 1. The molecule has 1 unspecified atom stereocenters. The lowest BCUT2D eigenvalue weighted by Gasteiger charge is -2.21. The molecule has 1 aliphatic carbocycles. The van der Waals surface area contributed by atoms with Crippen molar-refractivity contribution in [3.8, 4) is 0 Å². The number of carbonyl (C=O) groups is 1. The first-order valence-electron chi connectivity index (χ1n) is 11.6. The number of benzene rings is 2. The number of nitrogens with zero attached hydrogens (tertiary/aromatic N) is 3. The monoisotopic (exact) mass is 609 g/mol. The largest absolute Gasteiger partial charge is 0.416 e. The van der Waals surface area contributed by atoms with Crippen LogP contribution in [-0.2, 0) is 18.1 Å². The number of aryl methyl sites for hydroxylation is 1. The summed E-state index contributed by atoms with van der Waals surface area (Å²) in [4.78, 5) is 40.7. The van der Waals surface area contributed by atoms with E-state index >= 15 is 0 Å². The Kier molecular flexibility index (Phi) is 6.44. The average molecular weight is 609 g/mol. The predicted molar refractivity (Wildman–Crippen MR) is 136 cm³/mol. The van der Waals surface area contributed by atoms with E-state index in [1.54, 1.807) is 42.5 Å². The van der Waals surface area contributed by atoms with Crippen LogP contribution in [0.25, 0.3) is 0 Å². The molecule has 1 saturated heterocycles. The van der Waals surface area contributed by atoms with Gasteiger partial charge in [0, 0.05) is 36.8 Å². The second-order valence-corrected chi connectivity index (χ2v) is 10.6. The van der Waals surface area contributed by atoms with E-state index in [0.29, 0.717) is 30.0 Å². The fraction of sp³-hybridized carbons (Fsp3) is 0.346. The number of likely N-dealkylation sites (tertiary alicyclic amines) is 1. The molecule has 0 amide bonds. The molecule has 1 aromatic heterocycles. The maximum atomic E-state index is 13.0. The van der Waals surface area contributed by atoms with E-state index < -0.39 is 28.9 Å². The van der Waals surface area contributed by atoms with Gasteiger partial charge in [-0.05, 0) is 77.7 Å². The van der Waals surface area contributed by atoms with Crippen LogP contribution in [0.1, 0.15) is 34.3 Å². The zero-order valence-electron chi connectivity index (χ0n) is 19.2. The van der Waals surface area contributed by atoms with Crippen molar-refractivity contribution in [1.82, 2.24) is 14.0 Å². The minimum absolute atomic E-state index is 0.0916. The van der Waals surface area contributed by atoms with Gasteiger partial charge < -0.3 is 4.90 Å². The van der Waals surface area contributed by atoms with Gasteiger partial charge >= 0.3 is 11.9 Å². The first-order chi connectivity index (χ1) is 17.1. The molecule has 188 valence electrons. The number of rotatable bonds is 6. The second kappa shape index (κ2) is 9.29. The van der Waals surface area contributed by atoms with E-state index in [4.69, 9.17) is 0 Å².